The summed E-state index contributed by atoms with van der Waals surface area (Å²) >= 11 is 0. The fraction of sp³-hybridized carbons (Fsp3) is 0.474. The Kier molecular flexibility index (Phi) is 10.2. The van der Waals surface area contributed by atoms with E-state index in [-0.39, 0.29) is 24.0 Å². The van der Waals surface area contributed by atoms with E-state index >= 15 is 0 Å². The van der Waals surface area contributed by atoms with Crippen molar-refractivity contribution in [1.82, 2.24) is 20.2 Å². The van der Waals surface area contributed by atoms with Gasteiger partial charge in [-0.3, -0.25) is 0 Å². The monoisotopic (exact) mass is 455 g/mol. The van der Waals surface area contributed by atoms with Gasteiger partial charge in [0.15, 0.2) is 5.96 Å². The molecule has 0 saturated heterocycles. The van der Waals surface area contributed by atoms with Crippen molar-refractivity contribution >= 4 is 29.9 Å². The van der Waals surface area contributed by atoms with Crippen LogP contribution in [-0.2, 0) is 6.54 Å². The van der Waals surface area contributed by atoms with E-state index in [1.807, 2.05) is 29.2 Å². The molecule has 5 nitrogen and oxygen atoms in total. The van der Waals surface area contributed by atoms with Crippen LogP contribution in [0.1, 0.15) is 39.2 Å². The van der Waals surface area contributed by atoms with E-state index in [2.05, 4.69) is 48.5 Å². The molecule has 2 aromatic rings. The highest BCUT2D eigenvalue weighted by Gasteiger charge is 2.04. The average molecular weight is 455 g/mol. The second-order valence-corrected chi connectivity index (χ2v) is 6.26. The quantitative estimate of drug-likeness (QED) is 0.274. The van der Waals surface area contributed by atoms with E-state index in [4.69, 9.17) is 4.99 Å². The number of aromatic nitrogens is 2. The molecule has 138 valence electrons. The van der Waals surface area contributed by atoms with Gasteiger partial charge in [0.25, 0.3) is 0 Å². The molecule has 1 aromatic heterocycles. The standard InChI is InChI=1S/C19H29N5.HI/c1-4-21-19(22-11-7-8-16(2)3)23-14-17-9-5-6-10-18(17)24-13-12-20-15-24;/h5-6,9-10,12-13,15-16H,4,7-8,11,14H2,1-3H3,(H2,21,22,23);1H. The maximum atomic E-state index is 4.73. The molecule has 0 fully saturated rings. The molecule has 2 N–H and O–H groups in total. The van der Waals surface area contributed by atoms with Crippen molar-refractivity contribution in [3.63, 3.8) is 0 Å². The number of halogens is 1. The minimum absolute atomic E-state index is 0. The second kappa shape index (κ2) is 11.9. The molecule has 0 bridgehead atoms. The van der Waals surface area contributed by atoms with Gasteiger partial charge in [-0.25, -0.2) is 9.98 Å². The van der Waals surface area contributed by atoms with Gasteiger partial charge in [0.05, 0.1) is 18.6 Å². The first-order valence-electron chi connectivity index (χ1n) is 8.79. The topological polar surface area (TPSA) is 54.2 Å². The van der Waals surface area contributed by atoms with E-state index in [0.29, 0.717) is 6.54 Å². The fourth-order valence-corrected chi connectivity index (χ4v) is 2.52. The third-order valence-electron chi connectivity index (χ3n) is 3.78. The van der Waals surface area contributed by atoms with Gasteiger partial charge >= 0.3 is 0 Å². The van der Waals surface area contributed by atoms with Crippen molar-refractivity contribution < 1.29 is 0 Å². The molecule has 0 unspecified atom stereocenters. The molecule has 0 amide bonds. The van der Waals surface area contributed by atoms with Crippen LogP contribution in [0.4, 0.5) is 0 Å². The van der Waals surface area contributed by atoms with Crippen molar-refractivity contribution in [3.05, 3.63) is 48.5 Å². The number of guanidine groups is 1. The lowest BCUT2D eigenvalue weighted by Crippen LogP contribution is -2.37. The van der Waals surface area contributed by atoms with Crippen LogP contribution in [0.15, 0.2) is 48.0 Å². The number of hydrogen-bond acceptors (Lipinski definition) is 2. The Bertz CT molecular complexity index is 623. The zero-order chi connectivity index (χ0) is 17.2. The molecule has 0 aliphatic carbocycles. The van der Waals surface area contributed by atoms with Crippen LogP contribution in [0, 0.1) is 5.92 Å². The summed E-state index contributed by atoms with van der Waals surface area (Å²) in [6.45, 7) is 9.05. The minimum atomic E-state index is 0. The van der Waals surface area contributed by atoms with Crippen molar-refractivity contribution in [1.29, 1.82) is 0 Å². The molecular weight excluding hydrogens is 425 g/mol. The summed E-state index contributed by atoms with van der Waals surface area (Å²) in [5, 5.41) is 6.74. The summed E-state index contributed by atoms with van der Waals surface area (Å²) in [5.74, 6) is 1.62. The maximum absolute atomic E-state index is 4.73. The van der Waals surface area contributed by atoms with Gasteiger partial charge in [-0.1, -0.05) is 32.0 Å². The van der Waals surface area contributed by atoms with Gasteiger partial charge in [0.2, 0.25) is 0 Å². The number of rotatable bonds is 8. The molecule has 0 atom stereocenters. The Morgan fingerprint density at radius 2 is 2.04 bits per heavy atom. The Labute approximate surface area is 168 Å². The van der Waals surface area contributed by atoms with Crippen LogP contribution in [-0.4, -0.2) is 28.6 Å². The number of nitrogens with one attached hydrogen (secondary N) is 2. The Morgan fingerprint density at radius 1 is 1.24 bits per heavy atom. The first-order valence-corrected chi connectivity index (χ1v) is 8.79. The highest BCUT2D eigenvalue weighted by molar-refractivity contribution is 14.0. The number of hydrogen-bond donors (Lipinski definition) is 2. The van der Waals surface area contributed by atoms with Crippen LogP contribution < -0.4 is 10.6 Å². The summed E-state index contributed by atoms with van der Waals surface area (Å²) in [6.07, 6.45) is 7.96. The van der Waals surface area contributed by atoms with Gasteiger partial charge in [-0.05, 0) is 37.3 Å². The predicted molar refractivity (Wildman–Crippen MR) is 116 cm³/mol. The van der Waals surface area contributed by atoms with Crippen molar-refractivity contribution in [3.8, 4) is 5.69 Å². The minimum Gasteiger partial charge on any atom is -0.357 e. The predicted octanol–water partition coefficient (Wildman–Crippen LogP) is 3.98. The van der Waals surface area contributed by atoms with Gasteiger partial charge in [0.1, 0.15) is 0 Å². The van der Waals surface area contributed by atoms with Crippen molar-refractivity contribution in [2.45, 2.75) is 40.2 Å². The number of para-hydroxylation sites is 1. The number of imidazole rings is 1. The number of nitrogens with zero attached hydrogens (tertiary/aromatic N) is 3. The largest absolute Gasteiger partial charge is 0.357 e. The van der Waals surface area contributed by atoms with Crippen molar-refractivity contribution in [2.75, 3.05) is 13.1 Å². The van der Waals surface area contributed by atoms with Gasteiger partial charge < -0.3 is 15.2 Å². The van der Waals surface area contributed by atoms with Gasteiger partial charge in [-0.2, -0.15) is 0 Å². The lowest BCUT2D eigenvalue weighted by atomic mass is 10.1. The van der Waals surface area contributed by atoms with E-state index in [0.717, 1.165) is 37.1 Å². The number of aliphatic imine (C=N–C) groups is 1. The van der Waals surface area contributed by atoms with Crippen molar-refractivity contribution in [2.24, 2.45) is 10.9 Å². The Hall–Kier alpha value is -1.57. The molecule has 0 radical (unpaired) electrons. The molecule has 1 aromatic carbocycles. The first-order chi connectivity index (χ1) is 11.7. The number of benzene rings is 1. The third-order valence-corrected chi connectivity index (χ3v) is 3.78. The average Bonchev–Trinajstić information content (AvgIpc) is 3.11. The smallest absolute Gasteiger partial charge is 0.191 e. The SMILES string of the molecule is CCNC(=NCc1ccccc1-n1ccnc1)NCCCC(C)C.I. The summed E-state index contributed by atoms with van der Waals surface area (Å²) in [4.78, 5) is 8.86. The molecular formula is C19H30IN5. The van der Waals surface area contributed by atoms with Crippen LogP contribution in [0.5, 0.6) is 0 Å². The maximum Gasteiger partial charge on any atom is 0.191 e. The zero-order valence-electron chi connectivity index (χ0n) is 15.4. The van der Waals surface area contributed by atoms with Crippen LogP contribution >= 0.6 is 24.0 Å². The Morgan fingerprint density at radius 3 is 2.72 bits per heavy atom. The Balaban J connectivity index is 0.00000312. The molecule has 0 aliphatic heterocycles. The molecule has 0 saturated carbocycles. The van der Waals surface area contributed by atoms with E-state index < -0.39 is 0 Å². The fourth-order valence-electron chi connectivity index (χ4n) is 2.52. The third kappa shape index (κ3) is 7.46. The van der Waals surface area contributed by atoms with E-state index in [9.17, 15) is 0 Å². The first kappa shape index (κ1) is 21.5. The molecule has 2 rings (SSSR count). The molecule has 0 spiro atoms. The van der Waals surface area contributed by atoms with Gasteiger partial charge in [-0.15, -0.1) is 24.0 Å². The summed E-state index contributed by atoms with van der Waals surface area (Å²) in [7, 11) is 0. The second-order valence-electron chi connectivity index (χ2n) is 6.26. The van der Waals surface area contributed by atoms with Crippen LogP contribution in [0.25, 0.3) is 5.69 Å². The van der Waals surface area contributed by atoms with Crippen LogP contribution in [0.2, 0.25) is 0 Å². The van der Waals surface area contributed by atoms with E-state index in [1.54, 1.807) is 6.20 Å². The summed E-state index contributed by atoms with van der Waals surface area (Å²) in [5.41, 5.74) is 2.30. The summed E-state index contributed by atoms with van der Waals surface area (Å²) < 4.78 is 2.02. The zero-order valence-corrected chi connectivity index (χ0v) is 17.7. The molecule has 0 aliphatic rings. The molecule has 25 heavy (non-hydrogen) atoms. The van der Waals surface area contributed by atoms with E-state index in [1.165, 1.54) is 12.0 Å². The lowest BCUT2D eigenvalue weighted by Gasteiger charge is -2.13. The normalized spacial score (nSPS) is 11.3. The molecule has 1 heterocycles. The summed E-state index contributed by atoms with van der Waals surface area (Å²) in [6, 6.07) is 8.29. The van der Waals surface area contributed by atoms with Gasteiger partial charge in [0, 0.05) is 25.5 Å². The highest BCUT2D eigenvalue weighted by atomic mass is 127. The molecule has 6 heteroatoms. The lowest BCUT2D eigenvalue weighted by molar-refractivity contribution is 0.549. The van der Waals surface area contributed by atoms with Crippen LogP contribution in [0.3, 0.4) is 0 Å². The highest BCUT2D eigenvalue weighted by Crippen LogP contribution is 2.15.